The van der Waals surface area contributed by atoms with Crippen LogP contribution in [0.3, 0.4) is 0 Å². The van der Waals surface area contributed by atoms with E-state index in [0.29, 0.717) is 12.1 Å². The Hall–Kier alpha value is -0.710. The van der Waals surface area contributed by atoms with Gasteiger partial charge in [-0.3, -0.25) is 0 Å². The zero-order chi connectivity index (χ0) is 14.3. The van der Waals surface area contributed by atoms with Gasteiger partial charge in [0.1, 0.15) is 0 Å². The zero-order valence-electron chi connectivity index (χ0n) is 12.0. The number of nitrogens with one attached hydrogen (secondary N) is 1. The average Bonchev–Trinajstić information content (AvgIpc) is 2.93. The van der Waals surface area contributed by atoms with Crippen LogP contribution in [0.2, 0.25) is 0 Å². The van der Waals surface area contributed by atoms with Crippen LogP contribution in [0.25, 0.3) is 0 Å². The molecule has 106 valence electrons. The molecule has 2 unspecified atom stereocenters. The fourth-order valence-electron chi connectivity index (χ4n) is 3.09. The van der Waals surface area contributed by atoms with Crippen LogP contribution in [0.5, 0.6) is 0 Å². The molecule has 0 saturated carbocycles. The molecule has 1 aliphatic carbocycles. The third-order valence-corrected chi connectivity index (χ3v) is 5.72. The van der Waals surface area contributed by atoms with Crippen LogP contribution < -0.4 is 5.32 Å². The molecule has 1 aliphatic rings. The van der Waals surface area contributed by atoms with Crippen LogP contribution in [0, 0.1) is 13.8 Å². The minimum Gasteiger partial charge on any atom is -0.302 e. The van der Waals surface area contributed by atoms with Crippen LogP contribution in [0.15, 0.2) is 22.7 Å². The van der Waals surface area contributed by atoms with Crippen molar-refractivity contribution in [3.63, 3.8) is 0 Å². The molecular weight excluding hydrogens is 332 g/mol. The van der Waals surface area contributed by atoms with Crippen LogP contribution in [-0.2, 0) is 6.42 Å². The Labute approximate surface area is 132 Å². The highest BCUT2D eigenvalue weighted by molar-refractivity contribution is 9.10. The predicted molar refractivity (Wildman–Crippen MR) is 88.3 cm³/mol. The molecular formula is C16H19BrN2S. The van der Waals surface area contributed by atoms with Gasteiger partial charge >= 0.3 is 0 Å². The van der Waals surface area contributed by atoms with Gasteiger partial charge in [-0.05, 0) is 56.9 Å². The molecule has 0 fully saturated rings. The van der Waals surface area contributed by atoms with Gasteiger partial charge in [-0.25, -0.2) is 4.98 Å². The quantitative estimate of drug-likeness (QED) is 0.854. The van der Waals surface area contributed by atoms with E-state index in [0.717, 1.165) is 5.01 Å². The second-order valence-electron chi connectivity index (χ2n) is 5.51. The van der Waals surface area contributed by atoms with Crippen LogP contribution >= 0.6 is 27.3 Å². The summed E-state index contributed by atoms with van der Waals surface area (Å²) >= 11 is 5.37. The SMILES string of the molecule is Cc1nc(C)c(C(C)NC2CCc3cc(Br)ccc32)s1. The molecule has 3 rings (SSSR count). The molecule has 0 radical (unpaired) electrons. The van der Waals surface area contributed by atoms with Crippen molar-refractivity contribution in [1.82, 2.24) is 10.3 Å². The number of aryl methyl sites for hydroxylation is 3. The molecule has 20 heavy (non-hydrogen) atoms. The Kier molecular flexibility index (Phi) is 3.98. The van der Waals surface area contributed by atoms with E-state index in [-0.39, 0.29) is 0 Å². The number of nitrogens with zero attached hydrogens (tertiary/aromatic N) is 1. The lowest BCUT2D eigenvalue weighted by atomic mass is 10.1. The number of hydrogen-bond acceptors (Lipinski definition) is 3. The lowest BCUT2D eigenvalue weighted by Gasteiger charge is -2.20. The number of rotatable bonds is 3. The van der Waals surface area contributed by atoms with Crippen LogP contribution in [0.1, 0.15) is 52.1 Å². The van der Waals surface area contributed by atoms with Crippen molar-refractivity contribution < 1.29 is 0 Å². The number of halogens is 1. The van der Waals surface area contributed by atoms with Crippen molar-refractivity contribution in [1.29, 1.82) is 0 Å². The van der Waals surface area contributed by atoms with E-state index in [2.05, 4.69) is 65.2 Å². The number of benzene rings is 1. The van der Waals surface area contributed by atoms with Gasteiger partial charge in [-0.1, -0.05) is 22.0 Å². The van der Waals surface area contributed by atoms with Crippen molar-refractivity contribution in [2.24, 2.45) is 0 Å². The molecule has 2 aromatic rings. The summed E-state index contributed by atoms with van der Waals surface area (Å²) in [4.78, 5) is 5.90. The Morgan fingerprint density at radius 2 is 2.20 bits per heavy atom. The van der Waals surface area contributed by atoms with E-state index in [4.69, 9.17) is 0 Å². The first-order valence-corrected chi connectivity index (χ1v) is 8.64. The first-order chi connectivity index (χ1) is 9.54. The number of thiazole rings is 1. The van der Waals surface area contributed by atoms with Crippen molar-refractivity contribution in [2.45, 2.75) is 45.7 Å². The molecule has 0 amide bonds. The molecule has 1 heterocycles. The van der Waals surface area contributed by atoms with E-state index in [1.54, 1.807) is 0 Å². The van der Waals surface area contributed by atoms with Gasteiger partial charge in [0.05, 0.1) is 10.7 Å². The molecule has 4 heteroatoms. The number of aromatic nitrogens is 1. The predicted octanol–water partition coefficient (Wildman–Crippen LogP) is 4.86. The third kappa shape index (κ3) is 2.69. The largest absolute Gasteiger partial charge is 0.302 e. The maximum atomic E-state index is 4.53. The summed E-state index contributed by atoms with van der Waals surface area (Å²) in [5.41, 5.74) is 4.10. The molecule has 1 aromatic heterocycles. The topological polar surface area (TPSA) is 24.9 Å². The Balaban J connectivity index is 1.79. The van der Waals surface area contributed by atoms with Crippen molar-refractivity contribution in [3.8, 4) is 0 Å². The van der Waals surface area contributed by atoms with E-state index in [1.165, 1.54) is 39.0 Å². The van der Waals surface area contributed by atoms with Gasteiger partial charge in [-0.2, -0.15) is 0 Å². The highest BCUT2D eigenvalue weighted by Gasteiger charge is 2.25. The van der Waals surface area contributed by atoms with Gasteiger partial charge in [0.15, 0.2) is 0 Å². The minimum atomic E-state index is 0.362. The number of hydrogen-bond donors (Lipinski definition) is 1. The van der Waals surface area contributed by atoms with E-state index in [9.17, 15) is 0 Å². The highest BCUT2D eigenvalue weighted by atomic mass is 79.9. The van der Waals surface area contributed by atoms with Crippen molar-refractivity contribution >= 4 is 27.3 Å². The molecule has 1 N–H and O–H groups in total. The average molecular weight is 351 g/mol. The second-order valence-corrected chi connectivity index (χ2v) is 7.66. The fraction of sp³-hybridized carbons (Fsp3) is 0.438. The lowest BCUT2D eigenvalue weighted by Crippen LogP contribution is -2.22. The van der Waals surface area contributed by atoms with Gasteiger partial charge in [0.25, 0.3) is 0 Å². The lowest BCUT2D eigenvalue weighted by molar-refractivity contribution is 0.468. The first-order valence-electron chi connectivity index (χ1n) is 7.03. The monoisotopic (exact) mass is 350 g/mol. The van der Waals surface area contributed by atoms with Gasteiger partial charge in [0.2, 0.25) is 0 Å². The molecule has 2 nitrogen and oxygen atoms in total. The fourth-order valence-corrected chi connectivity index (χ4v) is 4.43. The Morgan fingerprint density at radius 3 is 2.90 bits per heavy atom. The highest BCUT2D eigenvalue weighted by Crippen LogP contribution is 2.35. The first kappa shape index (κ1) is 14.2. The summed E-state index contributed by atoms with van der Waals surface area (Å²) in [7, 11) is 0. The third-order valence-electron chi connectivity index (χ3n) is 3.97. The maximum Gasteiger partial charge on any atom is 0.0900 e. The summed E-state index contributed by atoms with van der Waals surface area (Å²) in [5, 5.41) is 4.93. The number of fused-ring (bicyclic) bond motifs is 1. The molecule has 0 bridgehead atoms. The van der Waals surface area contributed by atoms with Crippen LogP contribution in [-0.4, -0.2) is 4.98 Å². The van der Waals surface area contributed by atoms with E-state index >= 15 is 0 Å². The minimum absolute atomic E-state index is 0.362. The van der Waals surface area contributed by atoms with E-state index < -0.39 is 0 Å². The molecule has 0 saturated heterocycles. The zero-order valence-corrected chi connectivity index (χ0v) is 14.4. The van der Waals surface area contributed by atoms with Gasteiger partial charge in [-0.15, -0.1) is 11.3 Å². The molecule has 0 aliphatic heterocycles. The maximum absolute atomic E-state index is 4.53. The van der Waals surface area contributed by atoms with Crippen molar-refractivity contribution in [2.75, 3.05) is 0 Å². The summed E-state index contributed by atoms with van der Waals surface area (Å²) in [6.07, 6.45) is 2.35. The summed E-state index contributed by atoms with van der Waals surface area (Å²) < 4.78 is 1.18. The van der Waals surface area contributed by atoms with Crippen LogP contribution in [0.4, 0.5) is 0 Å². The molecule has 2 atom stereocenters. The second kappa shape index (κ2) is 5.58. The summed E-state index contributed by atoms with van der Waals surface area (Å²) in [5.74, 6) is 0. The van der Waals surface area contributed by atoms with Gasteiger partial charge < -0.3 is 5.32 Å². The Morgan fingerprint density at radius 1 is 1.40 bits per heavy atom. The smallest absolute Gasteiger partial charge is 0.0900 e. The molecule has 1 aromatic carbocycles. The van der Waals surface area contributed by atoms with E-state index in [1.807, 2.05) is 11.3 Å². The molecule has 0 spiro atoms. The van der Waals surface area contributed by atoms with Gasteiger partial charge in [0, 0.05) is 21.4 Å². The summed E-state index contributed by atoms with van der Waals surface area (Å²) in [6.45, 7) is 6.43. The van der Waals surface area contributed by atoms with Crippen molar-refractivity contribution in [3.05, 3.63) is 49.4 Å². The standard InChI is InChI=1S/C16H19BrN2S/c1-9-16(20-11(3)18-9)10(2)19-15-7-4-12-8-13(17)5-6-14(12)15/h5-6,8,10,15,19H,4,7H2,1-3H3. The summed E-state index contributed by atoms with van der Waals surface area (Å²) in [6, 6.07) is 7.48. The Bertz CT molecular complexity index is 635. The normalized spacial score (nSPS) is 19.1.